The van der Waals surface area contributed by atoms with E-state index in [0.717, 1.165) is 49.7 Å². The number of nitrogens with zero attached hydrogens (tertiary/aromatic N) is 1. The van der Waals surface area contributed by atoms with Gasteiger partial charge in [0.15, 0.2) is 0 Å². The molecule has 1 aromatic carbocycles. The number of ether oxygens (including phenoxy) is 1. The van der Waals surface area contributed by atoms with E-state index in [4.69, 9.17) is 4.74 Å². The van der Waals surface area contributed by atoms with Gasteiger partial charge in [-0.15, -0.1) is 0 Å². The van der Waals surface area contributed by atoms with E-state index in [9.17, 15) is 14.4 Å². The van der Waals surface area contributed by atoms with Crippen LogP contribution in [0.2, 0.25) is 0 Å². The van der Waals surface area contributed by atoms with Crippen molar-refractivity contribution in [3.05, 3.63) is 35.4 Å². The second kappa shape index (κ2) is 15.4. The third-order valence-corrected chi connectivity index (χ3v) is 7.88. The predicted octanol–water partition coefficient (Wildman–Crippen LogP) is 7.08. The molecule has 0 aromatic heterocycles. The summed E-state index contributed by atoms with van der Waals surface area (Å²) in [6.45, 7) is 17.7. The van der Waals surface area contributed by atoms with Gasteiger partial charge in [-0.2, -0.15) is 0 Å². The average molecular weight is 558 g/mol. The molecule has 0 aliphatic heterocycles. The standard InChI is InChI=1S/C33H55N3O4/c1-10-24(5)28(35-32(39)40-33(7,8)9)31(38)36(25(6)20-19-22(2)3)29(26-16-14-15-23(4)21-26)30(37)34-27-17-12-11-13-18-27/h14-16,21-22,24-25,27-29H,10-13,17-20H2,1-9H3,(H,34,37)(H,35,39). The van der Waals surface area contributed by atoms with Gasteiger partial charge >= 0.3 is 6.09 Å². The summed E-state index contributed by atoms with van der Waals surface area (Å²) in [5, 5.41) is 6.18. The Bertz CT molecular complexity index is 965. The lowest BCUT2D eigenvalue weighted by Gasteiger charge is -2.40. The van der Waals surface area contributed by atoms with Gasteiger partial charge in [-0.25, -0.2) is 4.79 Å². The van der Waals surface area contributed by atoms with Gasteiger partial charge in [-0.05, 0) is 77.7 Å². The van der Waals surface area contributed by atoms with Crippen molar-refractivity contribution < 1.29 is 19.1 Å². The molecule has 0 heterocycles. The lowest BCUT2D eigenvalue weighted by Crippen LogP contribution is -2.58. The Kier molecular flexibility index (Phi) is 13.0. The van der Waals surface area contributed by atoms with Crippen molar-refractivity contribution in [1.29, 1.82) is 0 Å². The first kappa shape index (κ1) is 33.6. The molecular weight excluding hydrogens is 502 g/mol. The highest BCUT2D eigenvalue weighted by molar-refractivity contribution is 5.92. The number of nitrogens with one attached hydrogen (secondary N) is 2. The molecule has 0 saturated heterocycles. The number of benzene rings is 1. The van der Waals surface area contributed by atoms with Crippen LogP contribution in [-0.4, -0.2) is 46.5 Å². The molecule has 2 rings (SSSR count). The number of carbonyl (C=O) groups excluding carboxylic acids is 3. The molecule has 226 valence electrons. The van der Waals surface area contributed by atoms with Crippen LogP contribution in [-0.2, 0) is 14.3 Å². The van der Waals surface area contributed by atoms with E-state index >= 15 is 0 Å². The summed E-state index contributed by atoms with van der Waals surface area (Å²) in [5.41, 5.74) is 1.13. The molecule has 1 aliphatic rings. The van der Waals surface area contributed by atoms with Gasteiger partial charge in [-0.1, -0.05) is 83.2 Å². The number of amides is 3. The molecule has 3 amide bonds. The Hall–Kier alpha value is -2.57. The summed E-state index contributed by atoms with van der Waals surface area (Å²) < 4.78 is 5.54. The highest BCUT2D eigenvalue weighted by atomic mass is 16.6. The van der Waals surface area contributed by atoms with E-state index in [2.05, 4.69) is 24.5 Å². The average Bonchev–Trinajstić information content (AvgIpc) is 2.87. The Morgan fingerprint density at radius 1 is 1.02 bits per heavy atom. The van der Waals surface area contributed by atoms with Crippen molar-refractivity contribution in [2.75, 3.05) is 0 Å². The maximum absolute atomic E-state index is 14.6. The molecule has 1 fully saturated rings. The van der Waals surface area contributed by atoms with E-state index in [-0.39, 0.29) is 29.8 Å². The number of hydrogen-bond donors (Lipinski definition) is 2. The van der Waals surface area contributed by atoms with E-state index in [1.165, 1.54) is 6.42 Å². The molecule has 4 atom stereocenters. The van der Waals surface area contributed by atoms with E-state index in [0.29, 0.717) is 12.3 Å². The third kappa shape index (κ3) is 10.4. The van der Waals surface area contributed by atoms with Gasteiger partial charge in [0.05, 0.1) is 0 Å². The smallest absolute Gasteiger partial charge is 0.408 e. The Morgan fingerprint density at radius 2 is 1.68 bits per heavy atom. The molecule has 0 spiro atoms. The zero-order valence-electron chi connectivity index (χ0n) is 26.5. The minimum Gasteiger partial charge on any atom is -0.444 e. The maximum atomic E-state index is 14.6. The molecule has 1 saturated carbocycles. The van der Waals surface area contributed by atoms with Crippen LogP contribution in [0.1, 0.15) is 124 Å². The Morgan fingerprint density at radius 3 is 2.23 bits per heavy atom. The molecular formula is C33H55N3O4. The van der Waals surface area contributed by atoms with Crippen molar-refractivity contribution in [2.24, 2.45) is 11.8 Å². The number of rotatable bonds is 12. The largest absolute Gasteiger partial charge is 0.444 e. The van der Waals surface area contributed by atoms with Gasteiger partial charge in [0.2, 0.25) is 11.8 Å². The second-order valence-electron chi connectivity index (χ2n) is 13.2. The predicted molar refractivity (Wildman–Crippen MR) is 162 cm³/mol. The topological polar surface area (TPSA) is 87.7 Å². The SMILES string of the molecule is CCC(C)C(NC(=O)OC(C)(C)C)C(=O)N(C(C)CCC(C)C)C(C(=O)NC1CCCCC1)c1cccc(C)c1. The minimum absolute atomic E-state index is 0.113. The Labute approximate surface area is 243 Å². The van der Waals surface area contributed by atoms with Crippen LogP contribution in [0, 0.1) is 18.8 Å². The van der Waals surface area contributed by atoms with Crippen LogP contribution in [0.5, 0.6) is 0 Å². The number of alkyl carbamates (subject to hydrolysis) is 1. The van der Waals surface area contributed by atoms with Crippen molar-refractivity contribution >= 4 is 17.9 Å². The molecule has 7 nitrogen and oxygen atoms in total. The van der Waals surface area contributed by atoms with Gasteiger partial charge in [0.25, 0.3) is 0 Å². The van der Waals surface area contributed by atoms with Crippen molar-refractivity contribution in [1.82, 2.24) is 15.5 Å². The highest BCUT2D eigenvalue weighted by Crippen LogP contribution is 2.30. The summed E-state index contributed by atoms with van der Waals surface area (Å²) in [6.07, 6.45) is 7.04. The van der Waals surface area contributed by atoms with Crippen LogP contribution in [0.15, 0.2) is 24.3 Å². The summed E-state index contributed by atoms with van der Waals surface area (Å²) in [6, 6.07) is 6.15. The van der Waals surface area contributed by atoms with Crippen LogP contribution in [0.3, 0.4) is 0 Å². The van der Waals surface area contributed by atoms with Crippen LogP contribution < -0.4 is 10.6 Å². The monoisotopic (exact) mass is 557 g/mol. The summed E-state index contributed by atoms with van der Waals surface area (Å²) >= 11 is 0. The van der Waals surface area contributed by atoms with Gasteiger partial charge in [-0.3, -0.25) is 9.59 Å². The quantitative estimate of drug-likeness (QED) is 0.287. The van der Waals surface area contributed by atoms with E-state index in [1.54, 1.807) is 25.7 Å². The van der Waals surface area contributed by atoms with E-state index < -0.39 is 23.8 Å². The fraction of sp³-hybridized carbons (Fsp3) is 0.727. The zero-order chi connectivity index (χ0) is 30.0. The number of hydrogen-bond acceptors (Lipinski definition) is 4. The first-order valence-electron chi connectivity index (χ1n) is 15.4. The molecule has 0 radical (unpaired) electrons. The summed E-state index contributed by atoms with van der Waals surface area (Å²) in [7, 11) is 0. The fourth-order valence-corrected chi connectivity index (χ4v) is 5.40. The Balaban J connectivity index is 2.57. The molecule has 1 aliphatic carbocycles. The molecule has 1 aromatic rings. The van der Waals surface area contributed by atoms with Gasteiger partial charge in [0.1, 0.15) is 17.7 Å². The molecule has 0 bridgehead atoms. The van der Waals surface area contributed by atoms with Crippen molar-refractivity contribution in [3.8, 4) is 0 Å². The maximum Gasteiger partial charge on any atom is 0.408 e. The van der Waals surface area contributed by atoms with Crippen LogP contribution >= 0.6 is 0 Å². The van der Waals surface area contributed by atoms with Crippen LogP contribution in [0.25, 0.3) is 0 Å². The van der Waals surface area contributed by atoms with Crippen LogP contribution in [0.4, 0.5) is 4.79 Å². The van der Waals surface area contributed by atoms with E-state index in [1.807, 2.05) is 52.0 Å². The summed E-state index contributed by atoms with van der Waals surface area (Å²) in [5.74, 6) is -0.0956. The molecule has 40 heavy (non-hydrogen) atoms. The first-order chi connectivity index (χ1) is 18.7. The normalized spacial score (nSPS) is 17.4. The lowest BCUT2D eigenvalue weighted by atomic mass is 9.92. The molecule has 7 heteroatoms. The van der Waals surface area contributed by atoms with Crippen molar-refractivity contribution in [2.45, 2.75) is 143 Å². The zero-order valence-corrected chi connectivity index (χ0v) is 26.5. The second-order valence-corrected chi connectivity index (χ2v) is 13.2. The third-order valence-electron chi connectivity index (χ3n) is 7.88. The first-order valence-corrected chi connectivity index (χ1v) is 15.4. The minimum atomic E-state index is -0.823. The molecule has 2 N–H and O–H groups in total. The fourth-order valence-electron chi connectivity index (χ4n) is 5.40. The highest BCUT2D eigenvalue weighted by Gasteiger charge is 2.41. The number of carbonyl (C=O) groups is 3. The number of aryl methyl sites for hydroxylation is 1. The lowest BCUT2D eigenvalue weighted by molar-refractivity contribution is -0.146. The van der Waals surface area contributed by atoms with Gasteiger partial charge < -0.3 is 20.3 Å². The molecule has 4 unspecified atom stereocenters. The van der Waals surface area contributed by atoms with Gasteiger partial charge in [0, 0.05) is 12.1 Å². The van der Waals surface area contributed by atoms with Crippen molar-refractivity contribution in [3.63, 3.8) is 0 Å². The summed E-state index contributed by atoms with van der Waals surface area (Å²) in [4.78, 5) is 43.4.